The molecule has 0 saturated carbocycles. The van der Waals surface area contributed by atoms with Crippen LogP contribution >= 0.6 is 0 Å². The van der Waals surface area contributed by atoms with E-state index in [1.54, 1.807) is 35.0 Å². The van der Waals surface area contributed by atoms with Gasteiger partial charge in [-0.25, -0.2) is 0 Å². The number of nitrogens with one attached hydrogen (secondary N) is 1. The highest BCUT2D eigenvalue weighted by molar-refractivity contribution is 5.91. The molecule has 0 aliphatic carbocycles. The van der Waals surface area contributed by atoms with E-state index < -0.39 is 11.9 Å². The van der Waals surface area contributed by atoms with E-state index in [0.717, 1.165) is 6.41 Å². The summed E-state index contributed by atoms with van der Waals surface area (Å²) in [6.07, 6.45) is 1.08. The molecule has 0 aromatic rings. The Balaban J connectivity index is -0.000000163. The van der Waals surface area contributed by atoms with Crippen LogP contribution in [0.4, 0.5) is 0 Å². The first kappa shape index (κ1) is 34.3. The molecule has 0 heterocycles. The number of carbonyl (C=O) groups excluding carboxylic acids is 6. The van der Waals surface area contributed by atoms with Crippen LogP contribution in [0.5, 0.6) is 0 Å². The average molecular weight is 438 g/mol. The first-order valence-electron chi connectivity index (χ1n) is 8.82. The predicted molar refractivity (Wildman–Crippen MR) is 106 cm³/mol. The van der Waals surface area contributed by atoms with Crippen LogP contribution in [0.15, 0.2) is 0 Å². The number of hydrogen-bond donors (Lipinski definition) is 1. The molecule has 12 nitrogen and oxygen atoms in total. The summed E-state index contributed by atoms with van der Waals surface area (Å²) in [5, 5.41) is 2.25. The molecule has 0 radical (unpaired) electrons. The van der Waals surface area contributed by atoms with Gasteiger partial charge in [0, 0.05) is 35.0 Å². The Labute approximate surface area is 177 Å². The summed E-state index contributed by atoms with van der Waals surface area (Å²) in [4.78, 5) is 61.4. The Bertz CT molecular complexity index is 450. The molecule has 176 valence electrons. The topological polar surface area (TPSA) is 155 Å². The van der Waals surface area contributed by atoms with E-state index in [9.17, 15) is 24.0 Å². The Morgan fingerprint density at radius 2 is 1.10 bits per heavy atom. The molecule has 0 fully saturated rings. The van der Waals surface area contributed by atoms with Crippen molar-refractivity contribution in [1.29, 1.82) is 0 Å². The van der Waals surface area contributed by atoms with E-state index in [0.29, 0.717) is 6.41 Å². The van der Waals surface area contributed by atoms with Crippen LogP contribution in [-0.4, -0.2) is 89.2 Å². The summed E-state index contributed by atoms with van der Waals surface area (Å²) in [5.74, 6) is -1.81. The zero-order valence-corrected chi connectivity index (χ0v) is 18.7. The molecule has 0 unspecified atom stereocenters. The van der Waals surface area contributed by atoms with Crippen molar-refractivity contribution < 1.29 is 47.7 Å². The fourth-order valence-corrected chi connectivity index (χ4v) is 0.913. The van der Waals surface area contributed by atoms with Crippen molar-refractivity contribution in [3.8, 4) is 0 Å². The lowest BCUT2D eigenvalue weighted by atomic mass is 10.4. The molecule has 0 saturated heterocycles. The Kier molecular flexibility index (Phi) is 32.1. The maximum Gasteiger partial charge on any atom is 0.317 e. The minimum Gasteiger partial charge on any atom is -0.466 e. The Morgan fingerprint density at radius 1 is 0.800 bits per heavy atom. The predicted octanol–water partition coefficient (Wildman–Crippen LogP) is -0.318. The first-order valence-corrected chi connectivity index (χ1v) is 8.82. The molecule has 0 aliphatic heterocycles. The van der Waals surface area contributed by atoms with Gasteiger partial charge in [0.1, 0.15) is 19.6 Å². The molecule has 30 heavy (non-hydrogen) atoms. The summed E-state index contributed by atoms with van der Waals surface area (Å²) in [6, 6.07) is 0. The van der Waals surface area contributed by atoms with Crippen molar-refractivity contribution in [1.82, 2.24) is 10.2 Å². The molecule has 0 bridgehead atoms. The van der Waals surface area contributed by atoms with E-state index in [2.05, 4.69) is 24.3 Å². The van der Waals surface area contributed by atoms with Crippen molar-refractivity contribution >= 4 is 36.7 Å². The maximum absolute atomic E-state index is 10.6. The van der Waals surface area contributed by atoms with Crippen LogP contribution < -0.4 is 5.32 Å². The van der Waals surface area contributed by atoms with Crippen LogP contribution in [0.25, 0.3) is 0 Å². The van der Waals surface area contributed by atoms with E-state index in [-0.39, 0.29) is 44.8 Å². The lowest BCUT2D eigenvalue weighted by Gasteiger charge is -2.00. The second-order valence-corrected chi connectivity index (χ2v) is 4.94. The average Bonchev–Trinajstić information content (AvgIpc) is 2.66. The second kappa shape index (κ2) is 28.0. The molecule has 0 spiro atoms. The molecule has 12 heteroatoms. The van der Waals surface area contributed by atoms with Gasteiger partial charge in [-0.1, -0.05) is 0 Å². The molecule has 0 aromatic heterocycles. The smallest absolute Gasteiger partial charge is 0.317 e. The summed E-state index contributed by atoms with van der Waals surface area (Å²) in [6.45, 7) is 6.81. The largest absolute Gasteiger partial charge is 0.466 e. The highest BCUT2D eigenvalue weighted by atomic mass is 16.6. The van der Waals surface area contributed by atoms with E-state index >= 15 is 0 Å². The molecular weight excluding hydrogens is 404 g/mol. The summed E-state index contributed by atoms with van der Waals surface area (Å²) in [5.41, 5.74) is 0. The third-order valence-corrected chi connectivity index (χ3v) is 1.92. The number of nitrogens with zero attached hydrogens (tertiary/aromatic N) is 1. The van der Waals surface area contributed by atoms with Crippen molar-refractivity contribution in [2.24, 2.45) is 0 Å². The number of hydrogen-bond acceptors (Lipinski definition) is 10. The van der Waals surface area contributed by atoms with Gasteiger partial charge in [0.05, 0.1) is 13.2 Å². The molecule has 0 aliphatic rings. The van der Waals surface area contributed by atoms with Gasteiger partial charge >= 0.3 is 23.9 Å². The van der Waals surface area contributed by atoms with Gasteiger partial charge in [-0.3, -0.25) is 28.8 Å². The number of ether oxygens (including phenoxy) is 4. The molecule has 2 amide bonds. The van der Waals surface area contributed by atoms with Crippen LogP contribution in [-0.2, 0) is 47.7 Å². The monoisotopic (exact) mass is 438 g/mol. The highest BCUT2D eigenvalue weighted by Gasteiger charge is 2.09. The fourth-order valence-electron chi connectivity index (χ4n) is 0.913. The van der Waals surface area contributed by atoms with Crippen LogP contribution in [0.1, 0.15) is 34.1 Å². The minimum atomic E-state index is -0.536. The lowest BCUT2D eigenvalue weighted by molar-refractivity contribution is -0.154. The van der Waals surface area contributed by atoms with Crippen LogP contribution in [0, 0.1) is 0 Å². The molecule has 0 aromatic carbocycles. The maximum atomic E-state index is 10.6. The number of amides is 2. The van der Waals surface area contributed by atoms with Gasteiger partial charge in [-0.15, -0.1) is 0 Å². The van der Waals surface area contributed by atoms with Crippen molar-refractivity contribution in [2.45, 2.75) is 34.1 Å². The van der Waals surface area contributed by atoms with Gasteiger partial charge in [0.15, 0.2) is 0 Å². The van der Waals surface area contributed by atoms with Crippen molar-refractivity contribution in [3.63, 3.8) is 0 Å². The van der Waals surface area contributed by atoms with Crippen LogP contribution in [0.3, 0.4) is 0 Å². The molecule has 0 atom stereocenters. The third-order valence-electron chi connectivity index (χ3n) is 1.92. The van der Waals surface area contributed by atoms with Crippen molar-refractivity contribution in [2.75, 3.05) is 47.6 Å². The quantitative estimate of drug-likeness (QED) is 0.166. The number of carbonyl (C=O) groups is 6. The second-order valence-electron chi connectivity index (χ2n) is 4.94. The van der Waals surface area contributed by atoms with E-state index in [4.69, 9.17) is 4.79 Å². The summed E-state index contributed by atoms with van der Waals surface area (Å²) in [7, 11) is 4.94. The Morgan fingerprint density at radius 3 is 1.27 bits per heavy atom. The van der Waals surface area contributed by atoms with Gasteiger partial charge < -0.3 is 29.2 Å². The standard InChI is InChI=1S/C7H12O4.C6H10O4.C3H7NO.C2H5NO/c1-3-10-6(8)5-7(9)11-4-2;1-5(7)9-3-4-10-6(2)8;1-4(2)3-5;1-3-2-4/h3-5H2,1-2H3;3-4H2,1-2H3;3H,1-2H3;2H,1H3,(H,3,4). The van der Waals surface area contributed by atoms with Crippen molar-refractivity contribution in [3.05, 3.63) is 0 Å². The summed E-state index contributed by atoms with van der Waals surface area (Å²) < 4.78 is 18.0. The number of rotatable bonds is 9. The zero-order chi connectivity index (χ0) is 24.4. The Hall–Kier alpha value is -3.18. The highest BCUT2D eigenvalue weighted by Crippen LogP contribution is 1.89. The fraction of sp³-hybridized carbons (Fsp3) is 0.667. The lowest BCUT2D eigenvalue weighted by Crippen LogP contribution is -2.13. The van der Waals surface area contributed by atoms with Gasteiger partial charge in [-0.05, 0) is 13.8 Å². The normalized spacial score (nSPS) is 7.97. The van der Waals surface area contributed by atoms with Gasteiger partial charge in [-0.2, -0.15) is 0 Å². The number of esters is 4. The molecule has 1 N–H and O–H groups in total. The van der Waals surface area contributed by atoms with E-state index in [1.807, 2.05) is 0 Å². The SMILES string of the molecule is CC(=O)OCCOC(C)=O.CCOC(=O)CC(=O)OCC.CN(C)C=O.CNC=O. The zero-order valence-electron chi connectivity index (χ0n) is 18.7. The minimum absolute atomic E-state index is 0.134. The molecular formula is C18H34N2O10. The van der Waals surface area contributed by atoms with Gasteiger partial charge in [0.25, 0.3) is 0 Å². The molecule has 0 rings (SSSR count). The third kappa shape index (κ3) is 49.8. The first-order chi connectivity index (χ1) is 14.0. The van der Waals surface area contributed by atoms with E-state index in [1.165, 1.54) is 18.7 Å². The van der Waals surface area contributed by atoms with Gasteiger partial charge in [0.2, 0.25) is 12.8 Å². The summed E-state index contributed by atoms with van der Waals surface area (Å²) >= 11 is 0. The van der Waals surface area contributed by atoms with Crippen LogP contribution in [0.2, 0.25) is 0 Å².